The van der Waals surface area contributed by atoms with E-state index in [0.717, 1.165) is 80.5 Å². The van der Waals surface area contributed by atoms with E-state index in [2.05, 4.69) is 21.0 Å². The van der Waals surface area contributed by atoms with Crippen molar-refractivity contribution in [3.8, 4) is 11.3 Å². The van der Waals surface area contributed by atoms with E-state index in [1.165, 1.54) is 0 Å². The molecule has 8 heteroatoms. The smallest absolute Gasteiger partial charge is 0.183 e. The zero-order chi connectivity index (χ0) is 19.3. The third-order valence-corrected chi connectivity index (χ3v) is 6.74. The highest BCUT2D eigenvalue weighted by molar-refractivity contribution is 7.14. The highest BCUT2D eigenvalue weighted by Crippen LogP contribution is 2.32. The van der Waals surface area contributed by atoms with Gasteiger partial charge in [-0.3, -0.25) is 0 Å². The van der Waals surface area contributed by atoms with Gasteiger partial charge in [0.2, 0.25) is 0 Å². The van der Waals surface area contributed by atoms with Crippen LogP contribution in [0.25, 0.3) is 11.3 Å². The minimum absolute atomic E-state index is 0.342. The Hall–Kier alpha value is -1.41. The summed E-state index contributed by atoms with van der Waals surface area (Å²) in [6.07, 6.45) is 8.22. The van der Waals surface area contributed by atoms with Crippen molar-refractivity contribution in [3.05, 3.63) is 22.7 Å². The van der Waals surface area contributed by atoms with E-state index in [4.69, 9.17) is 27.1 Å². The predicted molar refractivity (Wildman–Crippen MR) is 116 cm³/mol. The van der Waals surface area contributed by atoms with Gasteiger partial charge in [-0.1, -0.05) is 11.6 Å². The van der Waals surface area contributed by atoms with Gasteiger partial charge >= 0.3 is 0 Å². The van der Waals surface area contributed by atoms with Crippen LogP contribution in [0.5, 0.6) is 0 Å². The molecular formula is C20H28ClN5OS. The van der Waals surface area contributed by atoms with Crippen molar-refractivity contribution >= 4 is 33.9 Å². The number of thiazole rings is 1. The summed E-state index contributed by atoms with van der Waals surface area (Å²) >= 11 is 8.04. The molecule has 0 bridgehead atoms. The highest BCUT2D eigenvalue weighted by atomic mass is 35.5. The quantitative estimate of drug-likeness (QED) is 0.641. The number of ether oxygens (including phenoxy) is 1. The second-order valence-corrected chi connectivity index (χ2v) is 9.05. The number of rotatable bonds is 6. The number of pyridine rings is 1. The Bertz CT molecular complexity index is 772. The first-order chi connectivity index (χ1) is 13.7. The highest BCUT2D eigenvalue weighted by Gasteiger charge is 2.19. The lowest BCUT2D eigenvalue weighted by Crippen LogP contribution is -2.33. The SMILES string of the molecule is N[C@H]1CC[C@@H](Nc2cc(-c3csc(NCC4CCOCC4)n3)c(Cl)cn2)CC1. The third kappa shape index (κ3) is 5.14. The number of nitrogens with zero attached hydrogens (tertiary/aromatic N) is 2. The van der Waals surface area contributed by atoms with Crippen LogP contribution in [0.2, 0.25) is 5.02 Å². The molecule has 28 heavy (non-hydrogen) atoms. The van der Waals surface area contributed by atoms with Crippen molar-refractivity contribution < 1.29 is 4.74 Å². The Morgan fingerprint density at radius 1 is 1.18 bits per heavy atom. The number of hydrogen-bond acceptors (Lipinski definition) is 7. The first kappa shape index (κ1) is 19.9. The van der Waals surface area contributed by atoms with E-state index >= 15 is 0 Å². The first-order valence-corrected chi connectivity index (χ1v) is 11.4. The Morgan fingerprint density at radius 3 is 2.75 bits per heavy atom. The van der Waals surface area contributed by atoms with Crippen molar-refractivity contribution in [3.63, 3.8) is 0 Å². The normalized spacial score (nSPS) is 23.5. The van der Waals surface area contributed by atoms with Crippen molar-refractivity contribution in [2.75, 3.05) is 30.4 Å². The van der Waals surface area contributed by atoms with Crippen LogP contribution < -0.4 is 16.4 Å². The molecule has 0 aromatic carbocycles. The Kier molecular flexibility index (Phi) is 6.67. The van der Waals surface area contributed by atoms with E-state index in [1.807, 2.05) is 6.07 Å². The molecule has 4 N–H and O–H groups in total. The summed E-state index contributed by atoms with van der Waals surface area (Å²) in [5.41, 5.74) is 7.81. The fourth-order valence-corrected chi connectivity index (χ4v) is 4.77. The first-order valence-electron chi connectivity index (χ1n) is 10.1. The van der Waals surface area contributed by atoms with Gasteiger partial charge in [0.1, 0.15) is 5.82 Å². The zero-order valence-corrected chi connectivity index (χ0v) is 17.6. The summed E-state index contributed by atoms with van der Waals surface area (Å²) in [4.78, 5) is 9.20. The van der Waals surface area contributed by atoms with Crippen molar-refractivity contribution in [1.29, 1.82) is 0 Å². The Labute approximate surface area is 175 Å². The molecule has 1 saturated heterocycles. The summed E-state index contributed by atoms with van der Waals surface area (Å²) in [5, 5.41) is 10.6. The maximum Gasteiger partial charge on any atom is 0.183 e. The standard InChI is InChI=1S/C20H28ClN5OS/c21-17-11-23-19(25-15-3-1-14(22)2-4-15)9-16(17)18-12-28-20(26-18)24-10-13-5-7-27-8-6-13/h9,11-15H,1-8,10,22H2,(H,23,25)(H,24,26)/t14-,15+. The van der Waals surface area contributed by atoms with Crippen molar-refractivity contribution in [1.82, 2.24) is 9.97 Å². The van der Waals surface area contributed by atoms with Gasteiger partial charge < -0.3 is 21.1 Å². The predicted octanol–water partition coefficient (Wildman–Crippen LogP) is 4.38. The van der Waals surface area contributed by atoms with Gasteiger partial charge in [0.25, 0.3) is 0 Å². The third-order valence-electron chi connectivity index (χ3n) is 5.64. The minimum Gasteiger partial charge on any atom is -0.381 e. The van der Waals surface area contributed by atoms with E-state index < -0.39 is 0 Å². The molecule has 0 radical (unpaired) electrons. The largest absolute Gasteiger partial charge is 0.381 e. The zero-order valence-electron chi connectivity index (χ0n) is 16.0. The lowest BCUT2D eigenvalue weighted by molar-refractivity contribution is 0.0699. The summed E-state index contributed by atoms with van der Waals surface area (Å²) in [5.74, 6) is 1.51. The molecule has 6 nitrogen and oxygen atoms in total. The van der Waals surface area contributed by atoms with Crippen LogP contribution in [-0.2, 0) is 4.74 Å². The van der Waals surface area contributed by atoms with Crippen molar-refractivity contribution in [2.45, 2.75) is 50.6 Å². The van der Waals surface area contributed by atoms with Crippen LogP contribution in [0, 0.1) is 5.92 Å². The van der Waals surface area contributed by atoms with Crippen LogP contribution in [0.4, 0.5) is 10.9 Å². The maximum absolute atomic E-state index is 6.42. The van der Waals surface area contributed by atoms with E-state index in [9.17, 15) is 0 Å². The molecule has 1 saturated carbocycles. The molecule has 1 aliphatic heterocycles. The molecule has 3 heterocycles. The topological polar surface area (TPSA) is 85.1 Å². The van der Waals surface area contributed by atoms with Crippen LogP contribution in [0.1, 0.15) is 38.5 Å². The maximum atomic E-state index is 6.42. The van der Waals surface area contributed by atoms with Gasteiger partial charge in [0.05, 0.1) is 10.7 Å². The molecule has 2 aromatic rings. The molecule has 0 spiro atoms. The van der Waals surface area contributed by atoms with Crippen molar-refractivity contribution in [2.24, 2.45) is 11.7 Å². The van der Waals surface area contributed by atoms with Crippen LogP contribution in [0.15, 0.2) is 17.6 Å². The molecule has 2 fully saturated rings. The number of anilines is 2. The fourth-order valence-electron chi connectivity index (χ4n) is 3.85. The Morgan fingerprint density at radius 2 is 1.96 bits per heavy atom. The number of nitrogens with two attached hydrogens (primary N) is 1. The van der Waals surface area contributed by atoms with E-state index in [0.29, 0.717) is 23.0 Å². The van der Waals surface area contributed by atoms with Gasteiger partial charge in [-0.2, -0.15) is 0 Å². The summed E-state index contributed by atoms with van der Waals surface area (Å²) < 4.78 is 5.42. The van der Waals surface area contributed by atoms with Gasteiger partial charge in [0.15, 0.2) is 5.13 Å². The molecule has 0 atom stereocenters. The van der Waals surface area contributed by atoms with Gasteiger partial charge in [0, 0.05) is 49.0 Å². The average molecular weight is 422 g/mol. The van der Waals surface area contributed by atoms with Gasteiger partial charge in [-0.25, -0.2) is 9.97 Å². The van der Waals surface area contributed by atoms with Gasteiger partial charge in [-0.15, -0.1) is 11.3 Å². The molecule has 0 unspecified atom stereocenters. The number of hydrogen-bond donors (Lipinski definition) is 3. The minimum atomic E-state index is 0.342. The molecule has 0 amide bonds. The number of aromatic nitrogens is 2. The molecule has 2 aromatic heterocycles. The molecular weight excluding hydrogens is 394 g/mol. The monoisotopic (exact) mass is 421 g/mol. The molecule has 4 rings (SSSR count). The number of halogens is 1. The second kappa shape index (κ2) is 9.39. The summed E-state index contributed by atoms with van der Waals surface area (Å²) in [6.45, 7) is 2.67. The van der Waals surface area contributed by atoms with Crippen LogP contribution in [0.3, 0.4) is 0 Å². The Balaban J connectivity index is 1.40. The number of nitrogens with one attached hydrogen (secondary N) is 2. The average Bonchev–Trinajstić information content (AvgIpc) is 3.19. The fraction of sp³-hybridized carbons (Fsp3) is 0.600. The lowest BCUT2D eigenvalue weighted by atomic mass is 9.92. The van der Waals surface area contributed by atoms with E-state index in [1.54, 1.807) is 17.5 Å². The molecule has 2 aliphatic rings. The van der Waals surface area contributed by atoms with Crippen LogP contribution >= 0.6 is 22.9 Å². The summed E-state index contributed by atoms with van der Waals surface area (Å²) in [7, 11) is 0. The van der Waals surface area contributed by atoms with E-state index in [-0.39, 0.29) is 0 Å². The molecule has 1 aliphatic carbocycles. The lowest BCUT2D eigenvalue weighted by Gasteiger charge is -2.27. The van der Waals surface area contributed by atoms with Crippen LogP contribution in [-0.4, -0.2) is 41.8 Å². The second-order valence-electron chi connectivity index (χ2n) is 7.78. The molecule has 152 valence electrons. The summed E-state index contributed by atoms with van der Waals surface area (Å²) in [6, 6.07) is 2.77. The van der Waals surface area contributed by atoms with Gasteiger partial charge in [-0.05, 0) is 50.5 Å².